The molecule has 1 aromatic heterocycles. The summed E-state index contributed by atoms with van der Waals surface area (Å²) in [5.41, 5.74) is 3.37. The number of rotatable bonds is 4. The summed E-state index contributed by atoms with van der Waals surface area (Å²) in [7, 11) is 0. The van der Waals surface area contributed by atoms with E-state index in [9.17, 15) is 20.0 Å². The first-order chi connectivity index (χ1) is 19.6. The Kier molecular flexibility index (Phi) is 8.22. The summed E-state index contributed by atoms with van der Waals surface area (Å²) >= 11 is 0. The van der Waals surface area contributed by atoms with Gasteiger partial charge in [0.2, 0.25) is 0 Å². The zero-order valence-electron chi connectivity index (χ0n) is 24.2. The Hall–Kier alpha value is -4.04. The average molecular weight is 562 g/mol. The Balaban J connectivity index is 1.44. The molecule has 0 aliphatic carbocycles. The fourth-order valence-corrected chi connectivity index (χ4v) is 5.78. The number of carboxylic acid groups (broad SMARTS) is 1. The maximum atomic E-state index is 12.7. The maximum Gasteiger partial charge on any atom is 0.410 e. The Morgan fingerprint density at radius 2 is 1.51 bits per heavy atom. The van der Waals surface area contributed by atoms with Gasteiger partial charge in [-0.1, -0.05) is 30.3 Å². The van der Waals surface area contributed by atoms with Gasteiger partial charge in [0.05, 0.1) is 5.56 Å². The number of nitrogens with zero attached hydrogens (tertiary/aromatic N) is 7. The molecule has 2 amide bonds. The van der Waals surface area contributed by atoms with Crippen LogP contribution in [0.15, 0.2) is 30.3 Å². The largest absolute Gasteiger partial charge is 0.465 e. The summed E-state index contributed by atoms with van der Waals surface area (Å²) in [6.07, 6.45) is -0.456. The number of carbonyl (C=O) groups is 2. The molecule has 2 saturated heterocycles. The zero-order chi connectivity index (χ0) is 29.1. The van der Waals surface area contributed by atoms with Crippen LogP contribution in [0.3, 0.4) is 0 Å². The maximum absolute atomic E-state index is 12.7. The summed E-state index contributed by atoms with van der Waals surface area (Å²) in [5, 5.41) is 19.8. The van der Waals surface area contributed by atoms with Crippen LogP contribution < -0.4 is 9.80 Å². The molecule has 0 unspecified atom stereocenters. The first-order valence-electron chi connectivity index (χ1n) is 14.3. The number of hydrogen-bond acceptors (Lipinski definition) is 8. The van der Waals surface area contributed by atoms with Crippen molar-refractivity contribution < 1.29 is 19.4 Å². The molecule has 3 aliphatic rings. The lowest BCUT2D eigenvalue weighted by molar-refractivity contribution is 0.0240. The van der Waals surface area contributed by atoms with Crippen molar-refractivity contribution >= 4 is 23.8 Å². The second kappa shape index (κ2) is 11.8. The first kappa shape index (κ1) is 28.5. The zero-order valence-corrected chi connectivity index (χ0v) is 24.2. The van der Waals surface area contributed by atoms with E-state index in [0.717, 1.165) is 36.5 Å². The van der Waals surface area contributed by atoms with Crippen LogP contribution in [0.2, 0.25) is 0 Å². The van der Waals surface area contributed by atoms with Gasteiger partial charge in [-0.15, -0.1) is 0 Å². The number of nitriles is 1. The highest BCUT2D eigenvalue weighted by Crippen LogP contribution is 2.36. The Bertz CT molecular complexity index is 1300. The standard InChI is InChI=1S/C30H39N7O4/c1-30(2,3)41-29(40)37-17-13-34(14-18-37)26-23-9-10-33(20-22-7-5-4-6-8-22)21-25(23)24(19-31)27(32-26)35-11-15-36(16-12-35)28(38)39/h4-8H,9-18,20-21H2,1-3H3,(H,38,39). The number of ether oxygens (including phenoxy) is 1. The number of anilines is 2. The van der Waals surface area contributed by atoms with Crippen molar-refractivity contribution in [2.45, 2.75) is 45.9 Å². The number of aromatic nitrogens is 1. The molecule has 4 heterocycles. The highest BCUT2D eigenvalue weighted by atomic mass is 16.6. The van der Waals surface area contributed by atoms with Gasteiger partial charge in [0.1, 0.15) is 23.3 Å². The van der Waals surface area contributed by atoms with E-state index in [2.05, 4.69) is 32.9 Å². The Morgan fingerprint density at radius 1 is 0.902 bits per heavy atom. The van der Waals surface area contributed by atoms with Crippen LogP contribution in [0.1, 0.15) is 43.0 Å². The van der Waals surface area contributed by atoms with E-state index in [0.29, 0.717) is 70.3 Å². The summed E-state index contributed by atoms with van der Waals surface area (Å²) < 4.78 is 5.58. The molecule has 218 valence electrons. The molecular weight excluding hydrogens is 522 g/mol. The summed E-state index contributed by atoms with van der Waals surface area (Å²) in [6, 6.07) is 12.8. The molecule has 0 spiro atoms. The predicted octanol–water partition coefficient (Wildman–Crippen LogP) is 3.37. The minimum absolute atomic E-state index is 0.305. The second-order valence-corrected chi connectivity index (χ2v) is 11.9. The van der Waals surface area contributed by atoms with Crippen LogP contribution in [0.4, 0.5) is 21.2 Å². The predicted molar refractivity (Wildman–Crippen MR) is 155 cm³/mol. The van der Waals surface area contributed by atoms with Crippen LogP contribution in [0.25, 0.3) is 0 Å². The molecule has 0 atom stereocenters. The topological polar surface area (TPSA) is 116 Å². The molecule has 0 bridgehead atoms. The fraction of sp³-hybridized carbons (Fsp3) is 0.533. The van der Waals surface area contributed by atoms with Crippen LogP contribution in [-0.2, 0) is 24.2 Å². The Labute approximate surface area is 241 Å². The highest BCUT2D eigenvalue weighted by molar-refractivity contribution is 5.71. The second-order valence-electron chi connectivity index (χ2n) is 11.9. The minimum atomic E-state index is -0.927. The number of piperazine rings is 2. The normalized spacial score (nSPS) is 18.1. The number of carbonyl (C=O) groups excluding carboxylic acids is 1. The van der Waals surface area contributed by atoms with Crippen molar-refractivity contribution in [1.29, 1.82) is 5.26 Å². The molecule has 3 aliphatic heterocycles. The van der Waals surface area contributed by atoms with Crippen molar-refractivity contribution in [1.82, 2.24) is 19.7 Å². The third-order valence-electron chi connectivity index (χ3n) is 7.87. The Morgan fingerprint density at radius 3 is 2.10 bits per heavy atom. The van der Waals surface area contributed by atoms with Gasteiger partial charge in [-0.2, -0.15) is 5.26 Å². The monoisotopic (exact) mass is 561 g/mol. The van der Waals surface area contributed by atoms with Gasteiger partial charge in [0.15, 0.2) is 0 Å². The van der Waals surface area contributed by atoms with E-state index in [1.165, 1.54) is 10.5 Å². The molecule has 0 saturated carbocycles. The third-order valence-corrected chi connectivity index (χ3v) is 7.87. The summed E-state index contributed by atoms with van der Waals surface area (Å²) in [6.45, 7) is 11.9. The quantitative estimate of drug-likeness (QED) is 0.600. The molecule has 2 fully saturated rings. The summed E-state index contributed by atoms with van der Waals surface area (Å²) in [5.74, 6) is 1.50. The van der Waals surface area contributed by atoms with E-state index in [1.807, 2.05) is 39.0 Å². The van der Waals surface area contributed by atoms with E-state index in [4.69, 9.17) is 9.72 Å². The lowest BCUT2D eigenvalue weighted by Crippen LogP contribution is -2.51. The van der Waals surface area contributed by atoms with Crippen molar-refractivity contribution in [3.8, 4) is 6.07 Å². The molecule has 5 rings (SSSR count). The number of pyridine rings is 1. The van der Waals surface area contributed by atoms with E-state index >= 15 is 0 Å². The molecule has 41 heavy (non-hydrogen) atoms. The van der Waals surface area contributed by atoms with E-state index < -0.39 is 11.7 Å². The highest BCUT2D eigenvalue weighted by Gasteiger charge is 2.33. The molecule has 11 nitrogen and oxygen atoms in total. The van der Waals surface area contributed by atoms with Gasteiger partial charge in [-0.25, -0.2) is 14.6 Å². The van der Waals surface area contributed by atoms with Crippen LogP contribution >= 0.6 is 0 Å². The van der Waals surface area contributed by atoms with Crippen molar-refractivity contribution in [2.24, 2.45) is 0 Å². The lowest BCUT2D eigenvalue weighted by atomic mass is 9.94. The van der Waals surface area contributed by atoms with Gasteiger partial charge >= 0.3 is 12.2 Å². The van der Waals surface area contributed by atoms with Gasteiger partial charge < -0.3 is 29.4 Å². The van der Waals surface area contributed by atoms with E-state index in [1.54, 1.807) is 4.90 Å². The van der Waals surface area contributed by atoms with Gasteiger partial charge in [-0.05, 0) is 38.3 Å². The van der Waals surface area contributed by atoms with Crippen LogP contribution in [0.5, 0.6) is 0 Å². The molecule has 1 aromatic carbocycles. The smallest absolute Gasteiger partial charge is 0.410 e. The molecule has 11 heteroatoms. The van der Waals surface area contributed by atoms with Gasteiger partial charge in [0.25, 0.3) is 0 Å². The van der Waals surface area contributed by atoms with Gasteiger partial charge in [0, 0.05) is 77.6 Å². The lowest BCUT2D eigenvalue weighted by Gasteiger charge is -2.40. The van der Waals surface area contributed by atoms with E-state index in [-0.39, 0.29) is 6.09 Å². The first-order valence-corrected chi connectivity index (χ1v) is 14.3. The van der Waals surface area contributed by atoms with Gasteiger partial charge in [-0.3, -0.25) is 4.90 Å². The fourth-order valence-electron chi connectivity index (χ4n) is 5.78. The number of benzene rings is 1. The SMILES string of the molecule is CC(C)(C)OC(=O)N1CCN(c2nc(N3CCN(C(=O)O)CC3)c(C#N)c3c2CCN(Cc2ccccc2)C3)CC1. The molecule has 0 radical (unpaired) electrons. The average Bonchev–Trinajstić information content (AvgIpc) is 2.96. The number of amides is 2. The third kappa shape index (κ3) is 6.49. The molecule has 2 aromatic rings. The minimum Gasteiger partial charge on any atom is -0.465 e. The van der Waals surface area contributed by atoms with Crippen LogP contribution in [-0.4, -0.2) is 101 Å². The van der Waals surface area contributed by atoms with Crippen molar-refractivity contribution in [3.05, 3.63) is 52.6 Å². The molecular formula is C30H39N7O4. The molecule has 1 N–H and O–H groups in total. The summed E-state index contributed by atoms with van der Waals surface area (Å²) in [4.78, 5) is 39.1. The number of hydrogen-bond donors (Lipinski definition) is 1. The number of fused-ring (bicyclic) bond motifs is 1. The van der Waals surface area contributed by atoms with Crippen molar-refractivity contribution in [3.63, 3.8) is 0 Å². The van der Waals surface area contributed by atoms with Crippen LogP contribution in [0, 0.1) is 11.3 Å². The van der Waals surface area contributed by atoms with Crippen molar-refractivity contribution in [2.75, 3.05) is 68.7 Å².